The Morgan fingerprint density at radius 1 is 1.53 bits per heavy atom. The molecule has 1 aliphatic rings. The van der Waals surface area contributed by atoms with Crippen molar-refractivity contribution >= 4 is 0 Å². The predicted molar refractivity (Wildman–Crippen MR) is 62.8 cm³/mol. The van der Waals surface area contributed by atoms with Crippen molar-refractivity contribution in [3.05, 3.63) is 23.4 Å². The summed E-state index contributed by atoms with van der Waals surface area (Å²) in [5.74, 6) is 0.510. The summed E-state index contributed by atoms with van der Waals surface area (Å²) in [5, 5.41) is 8.85. The lowest BCUT2D eigenvalue weighted by molar-refractivity contribution is -0.0119. The van der Waals surface area contributed by atoms with Gasteiger partial charge in [-0.1, -0.05) is 0 Å². The fraction of sp³-hybridized carbons (Fsp3) is 0.538. The lowest BCUT2D eigenvalue weighted by atomic mass is 10.1. The van der Waals surface area contributed by atoms with E-state index >= 15 is 0 Å². The molecule has 4 nitrogen and oxygen atoms in total. The molecule has 2 rings (SSSR count). The highest BCUT2D eigenvalue weighted by Crippen LogP contribution is 2.16. The maximum absolute atomic E-state index is 8.85. The normalized spacial score (nSPS) is 19.6. The highest BCUT2D eigenvalue weighted by molar-refractivity contribution is 5.34. The molecule has 90 valence electrons. The number of hydrogen-bond donors (Lipinski definition) is 0. The van der Waals surface area contributed by atoms with Crippen molar-refractivity contribution in [1.29, 1.82) is 5.26 Å². The third kappa shape index (κ3) is 3.43. The molecular formula is C13H16N2O2. The average Bonchev–Trinajstić information content (AvgIpc) is 2.37. The van der Waals surface area contributed by atoms with E-state index < -0.39 is 0 Å². The topological polar surface area (TPSA) is 55.1 Å². The van der Waals surface area contributed by atoms with E-state index in [1.165, 1.54) is 6.42 Å². The predicted octanol–water partition coefficient (Wildman–Crippen LogP) is 2.21. The maximum Gasteiger partial charge on any atom is 0.214 e. The number of aromatic nitrogens is 1. The molecule has 1 fully saturated rings. The molecule has 1 aliphatic heterocycles. The van der Waals surface area contributed by atoms with E-state index in [9.17, 15) is 0 Å². The van der Waals surface area contributed by atoms with Crippen LogP contribution in [0.2, 0.25) is 0 Å². The van der Waals surface area contributed by atoms with Gasteiger partial charge in [0.1, 0.15) is 6.61 Å². The van der Waals surface area contributed by atoms with Gasteiger partial charge in [0, 0.05) is 18.4 Å². The molecule has 0 radical (unpaired) electrons. The van der Waals surface area contributed by atoms with Crippen LogP contribution in [0.4, 0.5) is 0 Å². The van der Waals surface area contributed by atoms with Crippen molar-refractivity contribution in [3.8, 4) is 11.9 Å². The van der Waals surface area contributed by atoms with Gasteiger partial charge in [0.2, 0.25) is 5.88 Å². The number of ether oxygens (including phenoxy) is 2. The summed E-state index contributed by atoms with van der Waals surface area (Å²) in [6.45, 7) is 3.19. The van der Waals surface area contributed by atoms with Gasteiger partial charge in [-0.3, -0.25) is 0 Å². The first kappa shape index (κ1) is 11.9. The third-order valence-corrected chi connectivity index (χ3v) is 2.75. The number of nitrogens with zero attached hydrogens (tertiary/aromatic N) is 2. The summed E-state index contributed by atoms with van der Waals surface area (Å²) in [7, 11) is 0. The fourth-order valence-electron chi connectivity index (χ4n) is 1.89. The van der Waals surface area contributed by atoms with Gasteiger partial charge in [0.25, 0.3) is 0 Å². The zero-order valence-electron chi connectivity index (χ0n) is 9.98. The standard InChI is InChI=1S/C13H16N2O2/c1-10-6-11(8-14)7-13(15-10)17-9-12-4-2-3-5-16-12/h6-7,12H,2-5,9H2,1H3. The summed E-state index contributed by atoms with van der Waals surface area (Å²) in [5.41, 5.74) is 1.38. The largest absolute Gasteiger partial charge is 0.475 e. The Bertz CT molecular complexity index is 420. The Labute approximate surface area is 101 Å². The van der Waals surface area contributed by atoms with Gasteiger partial charge in [-0.25, -0.2) is 4.98 Å². The van der Waals surface area contributed by atoms with Gasteiger partial charge in [0.05, 0.1) is 17.7 Å². The molecule has 4 heteroatoms. The summed E-state index contributed by atoms with van der Waals surface area (Å²) in [4.78, 5) is 4.24. The first-order chi connectivity index (χ1) is 8.28. The van der Waals surface area contributed by atoms with E-state index in [4.69, 9.17) is 14.7 Å². The molecule has 17 heavy (non-hydrogen) atoms. The second-order valence-corrected chi connectivity index (χ2v) is 4.25. The van der Waals surface area contributed by atoms with Gasteiger partial charge >= 0.3 is 0 Å². The van der Waals surface area contributed by atoms with E-state index in [1.807, 2.05) is 6.92 Å². The first-order valence-electron chi connectivity index (χ1n) is 5.91. The molecule has 1 saturated heterocycles. The van der Waals surface area contributed by atoms with Crippen LogP contribution in [0.25, 0.3) is 0 Å². The van der Waals surface area contributed by atoms with Crippen LogP contribution in [0.15, 0.2) is 12.1 Å². The third-order valence-electron chi connectivity index (χ3n) is 2.75. The number of rotatable bonds is 3. The second kappa shape index (κ2) is 5.65. The van der Waals surface area contributed by atoms with Crippen molar-refractivity contribution < 1.29 is 9.47 Å². The molecule has 0 aromatic carbocycles. The van der Waals surface area contributed by atoms with Crippen LogP contribution in [-0.2, 0) is 4.74 Å². The maximum atomic E-state index is 8.85. The minimum Gasteiger partial charge on any atom is -0.475 e. The molecule has 0 spiro atoms. The van der Waals surface area contributed by atoms with Gasteiger partial charge in [0.15, 0.2) is 0 Å². The fourth-order valence-corrected chi connectivity index (χ4v) is 1.89. The van der Waals surface area contributed by atoms with Crippen LogP contribution in [-0.4, -0.2) is 24.3 Å². The summed E-state index contributed by atoms with van der Waals surface area (Å²) in [6.07, 6.45) is 3.53. The monoisotopic (exact) mass is 232 g/mol. The van der Waals surface area contributed by atoms with Crippen LogP contribution < -0.4 is 4.74 Å². The number of nitriles is 1. The van der Waals surface area contributed by atoms with E-state index in [0.29, 0.717) is 18.1 Å². The Kier molecular flexibility index (Phi) is 3.94. The summed E-state index contributed by atoms with van der Waals surface area (Å²) >= 11 is 0. The first-order valence-corrected chi connectivity index (χ1v) is 5.91. The van der Waals surface area contributed by atoms with Crippen LogP contribution in [0.5, 0.6) is 5.88 Å². The molecular weight excluding hydrogens is 216 g/mol. The molecule has 0 bridgehead atoms. The lowest BCUT2D eigenvalue weighted by Crippen LogP contribution is -2.26. The minimum atomic E-state index is 0.164. The van der Waals surface area contributed by atoms with Crippen LogP contribution in [0.3, 0.4) is 0 Å². The van der Waals surface area contributed by atoms with Gasteiger partial charge < -0.3 is 9.47 Å². The van der Waals surface area contributed by atoms with Gasteiger partial charge in [-0.2, -0.15) is 5.26 Å². The van der Waals surface area contributed by atoms with Gasteiger partial charge in [-0.05, 0) is 32.3 Å². The van der Waals surface area contributed by atoms with Crippen LogP contribution in [0.1, 0.15) is 30.5 Å². The van der Waals surface area contributed by atoms with Crippen molar-refractivity contribution in [2.75, 3.05) is 13.2 Å². The van der Waals surface area contributed by atoms with Crippen molar-refractivity contribution in [2.45, 2.75) is 32.3 Å². The van der Waals surface area contributed by atoms with Crippen molar-refractivity contribution in [1.82, 2.24) is 4.98 Å². The highest BCUT2D eigenvalue weighted by Gasteiger charge is 2.14. The number of hydrogen-bond acceptors (Lipinski definition) is 4. The van der Waals surface area contributed by atoms with Crippen LogP contribution >= 0.6 is 0 Å². The smallest absolute Gasteiger partial charge is 0.214 e. The minimum absolute atomic E-state index is 0.164. The Hall–Kier alpha value is -1.60. The molecule has 1 atom stereocenters. The molecule has 0 amide bonds. The number of aryl methyl sites for hydroxylation is 1. The SMILES string of the molecule is Cc1cc(C#N)cc(OCC2CCCCO2)n1. The van der Waals surface area contributed by atoms with E-state index in [1.54, 1.807) is 12.1 Å². The summed E-state index contributed by atoms with van der Waals surface area (Å²) in [6, 6.07) is 5.50. The lowest BCUT2D eigenvalue weighted by Gasteiger charge is -2.22. The molecule has 0 N–H and O–H groups in total. The molecule has 1 aromatic rings. The van der Waals surface area contributed by atoms with Crippen molar-refractivity contribution in [3.63, 3.8) is 0 Å². The van der Waals surface area contributed by atoms with E-state index in [0.717, 1.165) is 25.1 Å². The quantitative estimate of drug-likeness (QED) is 0.801. The summed E-state index contributed by atoms with van der Waals surface area (Å²) < 4.78 is 11.2. The van der Waals surface area contributed by atoms with Gasteiger partial charge in [-0.15, -0.1) is 0 Å². The zero-order valence-corrected chi connectivity index (χ0v) is 9.98. The van der Waals surface area contributed by atoms with E-state index in [2.05, 4.69) is 11.1 Å². The molecule has 1 aromatic heterocycles. The molecule has 0 aliphatic carbocycles. The molecule has 1 unspecified atom stereocenters. The van der Waals surface area contributed by atoms with Crippen LogP contribution in [0, 0.1) is 18.3 Å². The Morgan fingerprint density at radius 2 is 2.41 bits per heavy atom. The average molecular weight is 232 g/mol. The second-order valence-electron chi connectivity index (χ2n) is 4.25. The molecule has 0 saturated carbocycles. The van der Waals surface area contributed by atoms with E-state index in [-0.39, 0.29) is 6.10 Å². The number of pyridine rings is 1. The highest BCUT2D eigenvalue weighted by atomic mass is 16.5. The Balaban J connectivity index is 1.94. The molecule has 2 heterocycles. The Morgan fingerprint density at radius 3 is 3.12 bits per heavy atom. The zero-order chi connectivity index (χ0) is 12.1. The van der Waals surface area contributed by atoms with Crippen molar-refractivity contribution in [2.24, 2.45) is 0 Å².